The second-order valence-corrected chi connectivity index (χ2v) is 11.4. The minimum Gasteiger partial charge on any atom is -0.489 e. The number of unbranched alkanes of at least 4 members (excludes halogenated alkanes) is 3. The summed E-state index contributed by atoms with van der Waals surface area (Å²) in [6, 6.07) is 13.3. The zero-order valence-corrected chi connectivity index (χ0v) is 25.1. The molecular weight excluding hydrogens is 484 g/mol. The van der Waals surface area contributed by atoms with E-state index in [1.165, 1.54) is 36.0 Å². The summed E-state index contributed by atoms with van der Waals surface area (Å²) in [5.41, 5.74) is 5.25. The van der Waals surface area contributed by atoms with Gasteiger partial charge in [0.15, 0.2) is 0 Å². The number of carbonyl (C=O) groups excluding carboxylic acids is 1. The van der Waals surface area contributed by atoms with Gasteiger partial charge in [-0.25, -0.2) is 0 Å². The Labute approximate surface area is 236 Å². The molecule has 0 amide bonds. The first-order valence-electron chi connectivity index (χ1n) is 15.2. The fourth-order valence-electron chi connectivity index (χ4n) is 5.87. The highest BCUT2D eigenvalue weighted by atomic mass is 16.6. The first-order valence-corrected chi connectivity index (χ1v) is 15.2. The van der Waals surface area contributed by atoms with Gasteiger partial charge in [0.05, 0.1) is 5.60 Å². The van der Waals surface area contributed by atoms with Gasteiger partial charge in [-0.3, -0.25) is 4.79 Å². The molecule has 0 aromatic heterocycles. The Kier molecular flexibility index (Phi) is 11.2. The molecule has 2 aromatic rings. The van der Waals surface area contributed by atoms with Crippen LogP contribution in [0.15, 0.2) is 42.5 Å². The van der Waals surface area contributed by atoms with Crippen LogP contribution in [0.25, 0.3) is 6.08 Å². The lowest BCUT2D eigenvalue weighted by molar-refractivity contribution is -0.142. The van der Waals surface area contributed by atoms with Crippen molar-refractivity contribution in [3.8, 4) is 5.75 Å². The van der Waals surface area contributed by atoms with Crippen LogP contribution in [-0.2, 0) is 14.9 Å². The van der Waals surface area contributed by atoms with Crippen molar-refractivity contribution in [2.75, 3.05) is 6.61 Å². The third kappa shape index (κ3) is 7.75. The van der Waals surface area contributed by atoms with E-state index in [1.807, 2.05) is 6.08 Å². The maximum absolute atomic E-state index is 11.4. The third-order valence-corrected chi connectivity index (χ3v) is 8.80. The highest BCUT2D eigenvalue weighted by molar-refractivity contribution is 5.71. The maximum atomic E-state index is 11.4. The van der Waals surface area contributed by atoms with Crippen molar-refractivity contribution >= 4 is 12.0 Å². The molecule has 1 fully saturated rings. The Hall–Kier alpha value is -2.59. The van der Waals surface area contributed by atoms with Gasteiger partial charge in [0, 0.05) is 11.8 Å². The first-order chi connectivity index (χ1) is 18.7. The van der Waals surface area contributed by atoms with Crippen LogP contribution in [0.1, 0.15) is 120 Å². The smallest absolute Gasteiger partial charge is 0.306 e. The Morgan fingerprint density at radius 2 is 1.64 bits per heavy atom. The number of carbonyl (C=O) groups is 1. The van der Waals surface area contributed by atoms with Crippen LogP contribution in [0.2, 0.25) is 0 Å². The van der Waals surface area contributed by atoms with Crippen LogP contribution in [0.3, 0.4) is 0 Å². The first kappa shape index (κ1) is 30.9. The fourth-order valence-corrected chi connectivity index (χ4v) is 5.87. The number of hydrogen-bond donors (Lipinski definition) is 1. The molecule has 2 atom stereocenters. The van der Waals surface area contributed by atoms with Gasteiger partial charge in [-0.05, 0) is 79.8 Å². The lowest BCUT2D eigenvalue weighted by Gasteiger charge is -2.34. The number of ether oxygens (including phenoxy) is 2. The molecule has 0 bridgehead atoms. The molecule has 3 rings (SSSR count). The van der Waals surface area contributed by atoms with E-state index in [9.17, 15) is 9.90 Å². The van der Waals surface area contributed by atoms with Gasteiger partial charge >= 0.3 is 5.97 Å². The van der Waals surface area contributed by atoms with Gasteiger partial charge in [0.1, 0.15) is 18.5 Å². The normalized spacial score (nSPS) is 17.4. The Balaban J connectivity index is 1.79. The summed E-state index contributed by atoms with van der Waals surface area (Å²) in [5, 5.41) is 11.1. The van der Waals surface area contributed by atoms with E-state index in [1.54, 1.807) is 0 Å². The van der Waals surface area contributed by atoms with E-state index >= 15 is 0 Å². The van der Waals surface area contributed by atoms with E-state index in [-0.39, 0.29) is 17.5 Å². The maximum Gasteiger partial charge on any atom is 0.306 e. The van der Waals surface area contributed by atoms with Gasteiger partial charge < -0.3 is 14.6 Å². The lowest BCUT2D eigenvalue weighted by atomic mass is 9.70. The molecule has 214 valence electrons. The molecule has 0 saturated carbocycles. The van der Waals surface area contributed by atoms with Crippen LogP contribution in [0, 0.1) is 13.8 Å². The number of benzene rings is 2. The van der Waals surface area contributed by atoms with Gasteiger partial charge in [0.25, 0.3) is 0 Å². The standard InChI is InChI=1S/C35H50O4/c1-7-11-12-13-21-34(37,8-2)22-20-28-14-15-29(23-26(28)5)35(9-3,10-4)30-16-18-32(27(6)24-30)38-25-31-17-19-33(36)39-31/h14-16,18,20,22-24,31,37H,7-13,17,19,21,25H2,1-6H3/t31?,34-/m0/s1. The second-order valence-electron chi connectivity index (χ2n) is 11.4. The summed E-state index contributed by atoms with van der Waals surface area (Å²) < 4.78 is 11.3. The molecule has 0 radical (unpaired) electrons. The van der Waals surface area contributed by atoms with Gasteiger partial charge in [-0.1, -0.05) is 95.9 Å². The Bertz CT molecular complexity index is 1110. The van der Waals surface area contributed by atoms with E-state index < -0.39 is 5.60 Å². The second kappa shape index (κ2) is 14.2. The van der Waals surface area contributed by atoms with E-state index in [0.29, 0.717) is 13.0 Å². The van der Waals surface area contributed by atoms with Crippen molar-refractivity contribution in [1.29, 1.82) is 0 Å². The van der Waals surface area contributed by atoms with Crippen molar-refractivity contribution in [2.45, 2.75) is 123 Å². The van der Waals surface area contributed by atoms with Crippen LogP contribution in [-0.4, -0.2) is 29.4 Å². The molecular formula is C35H50O4. The molecule has 1 aliphatic heterocycles. The summed E-state index contributed by atoms with van der Waals surface area (Å²) in [7, 11) is 0. The Morgan fingerprint density at radius 1 is 0.949 bits per heavy atom. The summed E-state index contributed by atoms with van der Waals surface area (Å²) in [6.45, 7) is 13.5. The van der Waals surface area contributed by atoms with Crippen molar-refractivity contribution in [1.82, 2.24) is 0 Å². The number of aryl methyl sites for hydroxylation is 2. The quantitative estimate of drug-likeness (QED) is 0.184. The van der Waals surface area contributed by atoms with E-state index in [0.717, 1.165) is 55.4 Å². The lowest BCUT2D eigenvalue weighted by Crippen LogP contribution is -2.26. The molecule has 0 spiro atoms. The number of rotatable bonds is 15. The zero-order valence-electron chi connectivity index (χ0n) is 25.1. The summed E-state index contributed by atoms with van der Waals surface area (Å²) in [5.74, 6) is 0.712. The third-order valence-electron chi connectivity index (χ3n) is 8.80. The zero-order chi connectivity index (χ0) is 28.5. The highest BCUT2D eigenvalue weighted by Crippen LogP contribution is 2.41. The van der Waals surface area contributed by atoms with Gasteiger partial charge in [0.2, 0.25) is 0 Å². The van der Waals surface area contributed by atoms with Crippen LogP contribution >= 0.6 is 0 Å². The predicted octanol–water partition coefficient (Wildman–Crippen LogP) is 8.62. The molecule has 1 saturated heterocycles. The predicted molar refractivity (Wildman–Crippen MR) is 161 cm³/mol. The largest absolute Gasteiger partial charge is 0.489 e. The molecule has 0 aliphatic carbocycles. The van der Waals surface area contributed by atoms with Gasteiger partial charge in [-0.15, -0.1) is 0 Å². The van der Waals surface area contributed by atoms with Gasteiger partial charge in [-0.2, -0.15) is 0 Å². The molecule has 2 aromatic carbocycles. The van der Waals surface area contributed by atoms with Crippen molar-refractivity contribution in [2.24, 2.45) is 0 Å². The number of aliphatic hydroxyl groups is 1. The highest BCUT2D eigenvalue weighted by Gasteiger charge is 2.32. The fraction of sp³-hybridized carbons (Fsp3) is 0.571. The molecule has 4 nitrogen and oxygen atoms in total. The van der Waals surface area contributed by atoms with E-state index in [2.05, 4.69) is 84.0 Å². The molecule has 1 N–H and O–H groups in total. The van der Waals surface area contributed by atoms with Crippen molar-refractivity contribution in [3.63, 3.8) is 0 Å². The molecule has 1 aliphatic rings. The number of esters is 1. The summed E-state index contributed by atoms with van der Waals surface area (Å²) in [4.78, 5) is 11.4. The molecule has 39 heavy (non-hydrogen) atoms. The topological polar surface area (TPSA) is 55.8 Å². The number of hydrogen-bond acceptors (Lipinski definition) is 4. The molecule has 1 heterocycles. The van der Waals surface area contributed by atoms with Crippen molar-refractivity contribution in [3.05, 3.63) is 70.3 Å². The average Bonchev–Trinajstić information content (AvgIpc) is 3.36. The van der Waals surface area contributed by atoms with Crippen LogP contribution in [0.4, 0.5) is 0 Å². The average molecular weight is 535 g/mol. The van der Waals surface area contributed by atoms with E-state index in [4.69, 9.17) is 9.47 Å². The number of cyclic esters (lactones) is 1. The SMILES string of the molecule is CCCCCC[C@](O)(C=Cc1ccc(C(CC)(CC)c2ccc(OCC3CCC(=O)O3)c(C)c2)cc1C)CC. The minimum atomic E-state index is -0.740. The summed E-state index contributed by atoms with van der Waals surface area (Å²) in [6.07, 6.45) is 13.4. The summed E-state index contributed by atoms with van der Waals surface area (Å²) >= 11 is 0. The van der Waals surface area contributed by atoms with Crippen molar-refractivity contribution < 1.29 is 19.4 Å². The minimum absolute atomic E-state index is 0.0965. The van der Waals surface area contributed by atoms with Crippen LogP contribution in [0.5, 0.6) is 5.75 Å². The van der Waals surface area contributed by atoms with Crippen LogP contribution < -0.4 is 4.74 Å². The molecule has 1 unspecified atom stereocenters. The monoisotopic (exact) mass is 534 g/mol. The molecule has 4 heteroatoms. The Morgan fingerprint density at radius 3 is 2.21 bits per heavy atom.